The van der Waals surface area contributed by atoms with E-state index in [1.165, 1.54) is 42.5 Å². The lowest BCUT2D eigenvalue weighted by molar-refractivity contribution is -0.00579. The summed E-state index contributed by atoms with van der Waals surface area (Å²) in [7, 11) is -8.78. The van der Waals surface area contributed by atoms with E-state index in [2.05, 4.69) is 17.4 Å². The van der Waals surface area contributed by atoms with Crippen LogP contribution in [0.25, 0.3) is 0 Å². The maximum absolute atomic E-state index is 14.3. The van der Waals surface area contributed by atoms with E-state index in [1.54, 1.807) is 29.2 Å². The molecule has 1 amide bonds. The van der Waals surface area contributed by atoms with Gasteiger partial charge in [-0.2, -0.15) is 16.8 Å². The highest BCUT2D eigenvalue weighted by molar-refractivity contribution is 7.87. The number of aryl methyl sites for hydroxylation is 2. The van der Waals surface area contributed by atoms with E-state index in [1.807, 2.05) is 19.9 Å². The highest BCUT2D eigenvalue weighted by atomic mass is 32.2. The van der Waals surface area contributed by atoms with Crippen LogP contribution in [0, 0.1) is 13.8 Å². The number of benzene rings is 4. The van der Waals surface area contributed by atoms with Gasteiger partial charge in [0.15, 0.2) is 11.5 Å². The van der Waals surface area contributed by atoms with Crippen LogP contribution in [0.4, 0.5) is 0 Å². The molecule has 0 radical (unpaired) electrons. The first-order valence-electron chi connectivity index (χ1n) is 14.8. The van der Waals surface area contributed by atoms with Gasteiger partial charge in [-0.15, -0.1) is 0 Å². The van der Waals surface area contributed by atoms with Gasteiger partial charge in [0.05, 0.1) is 19.3 Å². The average molecular weight is 663 g/mol. The van der Waals surface area contributed by atoms with Gasteiger partial charge in [-0.1, -0.05) is 59.7 Å². The lowest BCUT2D eigenvalue weighted by atomic mass is 9.96. The van der Waals surface area contributed by atoms with Gasteiger partial charge < -0.3 is 23.3 Å². The molecule has 0 spiro atoms. The van der Waals surface area contributed by atoms with Crippen LogP contribution in [0.15, 0.2) is 94.7 Å². The van der Waals surface area contributed by atoms with Crippen molar-refractivity contribution >= 4 is 26.1 Å². The van der Waals surface area contributed by atoms with Gasteiger partial charge in [0.25, 0.3) is 5.91 Å². The summed E-state index contributed by atoms with van der Waals surface area (Å²) in [4.78, 5) is 15.6. The number of hydrogen-bond acceptors (Lipinski definition) is 9. The smallest absolute Gasteiger partial charge is 0.339 e. The third-order valence-electron chi connectivity index (χ3n) is 8.02. The predicted molar refractivity (Wildman–Crippen MR) is 171 cm³/mol. The molecule has 4 aromatic rings. The Morgan fingerprint density at radius 2 is 1.37 bits per heavy atom. The molecule has 0 unspecified atom stereocenters. The van der Waals surface area contributed by atoms with Crippen LogP contribution < -0.4 is 13.7 Å². The molecule has 0 atom stereocenters. The summed E-state index contributed by atoms with van der Waals surface area (Å²) in [6.45, 7) is 6.21. The maximum Gasteiger partial charge on any atom is 0.339 e. The zero-order valence-corrected chi connectivity index (χ0v) is 27.1. The zero-order valence-electron chi connectivity index (χ0n) is 25.4. The van der Waals surface area contributed by atoms with E-state index < -0.39 is 26.1 Å². The van der Waals surface area contributed by atoms with Crippen molar-refractivity contribution in [1.29, 1.82) is 0 Å². The molecule has 0 saturated carbocycles. The number of amides is 1. The van der Waals surface area contributed by atoms with E-state index in [0.717, 1.165) is 27.8 Å². The minimum Gasteiger partial charge on any atom is -0.378 e. The highest BCUT2D eigenvalue weighted by Crippen LogP contribution is 2.35. The fourth-order valence-electron chi connectivity index (χ4n) is 5.27. The molecule has 2 heterocycles. The van der Waals surface area contributed by atoms with Crippen molar-refractivity contribution in [2.45, 2.75) is 49.2 Å². The molecule has 0 aliphatic carbocycles. The third-order valence-corrected chi connectivity index (χ3v) is 10.5. The van der Waals surface area contributed by atoms with Crippen molar-refractivity contribution in [3.63, 3.8) is 0 Å². The number of rotatable bonds is 10. The molecule has 2 aliphatic rings. The number of nitrogens with zero attached hydrogens (tertiary/aromatic N) is 1. The summed E-state index contributed by atoms with van der Waals surface area (Å²) in [5.41, 5.74) is 4.51. The molecule has 1 saturated heterocycles. The molecule has 2 aliphatic heterocycles. The maximum atomic E-state index is 14.3. The average Bonchev–Trinajstić information content (AvgIpc) is 3.00. The Morgan fingerprint density at radius 1 is 0.804 bits per heavy atom. The molecule has 4 aromatic carbocycles. The second-order valence-corrected chi connectivity index (χ2v) is 14.6. The van der Waals surface area contributed by atoms with E-state index >= 15 is 0 Å². The summed E-state index contributed by atoms with van der Waals surface area (Å²) in [5.74, 6) is -1.30. The lowest BCUT2D eigenvalue weighted by Gasteiger charge is -2.31. The van der Waals surface area contributed by atoms with Crippen molar-refractivity contribution in [3.05, 3.63) is 118 Å². The van der Waals surface area contributed by atoms with Crippen molar-refractivity contribution < 1.29 is 34.7 Å². The lowest BCUT2D eigenvalue weighted by Crippen LogP contribution is -2.45. The molecule has 240 valence electrons. The van der Waals surface area contributed by atoms with Gasteiger partial charge in [-0.05, 0) is 73.4 Å². The molecule has 6 rings (SSSR count). The molecule has 1 fully saturated rings. The molecular formula is C34H34N2O8S2. The molecule has 46 heavy (non-hydrogen) atoms. The zero-order chi connectivity index (χ0) is 32.5. The first-order chi connectivity index (χ1) is 22.0. The summed E-state index contributed by atoms with van der Waals surface area (Å²) in [6.07, 6.45) is 0.563. The Hall–Kier alpha value is -4.23. The summed E-state index contributed by atoms with van der Waals surface area (Å²) >= 11 is 0. The van der Waals surface area contributed by atoms with Gasteiger partial charge in [0, 0.05) is 19.6 Å². The minimum atomic E-state index is -4.39. The van der Waals surface area contributed by atoms with E-state index in [4.69, 9.17) is 13.1 Å². The minimum absolute atomic E-state index is 0.114. The predicted octanol–water partition coefficient (Wildman–Crippen LogP) is 4.53. The number of hydrogen-bond donors (Lipinski definition) is 1. The first-order valence-corrected chi connectivity index (χ1v) is 17.7. The van der Waals surface area contributed by atoms with Gasteiger partial charge in [0.2, 0.25) is 0 Å². The van der Waals surface area contributed by atoms with Crippen molar-refractivity contribution in [1.82, 2.24) is 10.2 Å². The first kappa shape index (κ1) is 31.7. The molecule has 10 nitrogen and oxygen atoms in total. The quantitative estimate of drug-likeness (QED) is 0.244. The second-order valence-electron chi connectivity index (χ2n) is 11.5. The van der Waals surface area contributed by atoms with Crippen molar-refractivity contribution in [2.24, 2.45) is 0 Å². The van der Waals surface area contributed by atoms with Crippen molar-refractivity contribution in [3.8, 4) is 11.5 Å². The fourth-order valence-corrected chi connectivity index (χ4v) is 7.15. The SMILES string of the molecule is Cc1ccc(S(=O)(=O)Oc2cccc(OS(=O)(=O)c3ccc(C)cc3)c2C(=O)N2CCc3ccc(CNC4COC4)cc3C2)cc1. The Bertz CT molecular complexity index is 1880. The monoisotopic (exact) mass is 662 g/mol. The topological polar surface area (TPSA) is 128 Å². The number of ether oxygens (including phenoxy) is 1. The number of carbonyl (C=O) groups is 1. The van der Waals surface area contributed by atoms with Gasteiger partial charge >= 0.3 is 20.2 Å². The van der Waals surface area contributed by atoms with Crippen LogP contribution in [0.3, 0.4) is 0 Å². The van der Waals surface area contributed by atoms with E-state index in [9.17, 15) is 21.6 Å². The standard InChI is InChI=1S/C34H34N2O8S2/c1-23-6-12-29(13-7-23)45(38,39)43-31-4-3-5-32(44-46(40,41)30-14-8-24(2)9-15-30)33(31)34(37)36-17-16-26-11-10-25(18-27(26)20-36)19-35-28-21-42-22-28/h3-15,18,28,35H,16-17,19-22H2,1-2H3. The molecule has 0 aromatic heterocycles. The van der Waals surface area contributed by atoms with Gasteiger partial charge in [-0.3, -0.25) is 4.79 Å². The van der Waals surface area contributed by atoms with Crippen molar-refractivity contribution in [2.75, 3.05) is 19.8 Å². The highest BCUT2D eigenvalue weighted by Gasteiger charge is 2.32. The van der Waals surface area contributed by atoms with Crippen LogP contribution in [0.5, 0.6) is 11.5 Å². The summed E-state index contributed by atoms with van der Waals surface area (Å²) < 4.78 is 69.6. The fraction of sp³-hybridized carbons (Fsp3) is 0.265. The van der Waals surface area contributed by atoms with E-state index in [0.29, 0.717) is 38.8 Å². The Balaban J connectivity index is 1.34. The third kappa shape index (κ3) is 6.95. The summed E-state index contributed by atoms with van der Waals surface area (Å²) in [5, 5.41) is 3.44. The molecule has 0 bridgehead atoms. The normalized spacial score (nSPS) is 15.1. The molecular weight excluding hydrogens is 629 g/mol. The van der Waals surface area contributed by atoms with Crippen LogP contribution in [0.1, 0.15) is 38.2 Å². The Kier molecular flexibility index (Phi) is 8.88. The Morgan fingerprint density at radius 3 is 1.89 bits per heavy atom. The largest absolute Gasteiger partial charge is 0.378 e. The van der Waals surface area contributed by atoms with E-state index in [-0.39, 0.29) is 33.4 Å². The molecule has 1 N–H and O–H groups in total. The Labute approximate surface area is 269 Å². The van der Waals surface area contributed by atoms with Gasteiger partial charge in [0.1, 0.15) is 15.4 Å². The molecule has 12 heteroatoms. The van der Waals surface area contributed by atoms with Crippen LogP contribution in [-0.4, -0.2) is 53.4 Å². The van der Waals surface area contributed by atoms with Crippen LogP contribution in [-0.2, 0) is 44.5 Å². The second kappa shape index (κ2) is 12.9. The number of fused-ring (bicyclic) bond motifs is 1. The number of carbonyl (C=O) groups excluding carboxylic acids is 1. The summed E-state index contributed by atoms with van der Waals surface area (Å²) in [6, 6.07) is 22.6. The number of nitrogens with one attached hydrogen (secondary N) is 1. The van der Waals surface area contributed by atoms with Gasteiger partial charge in [-0.25, -0.2) is 0 Å². The van der Waals surface area contributed by atoms with Crippen LogP contribution in [0.2, 0.25) is 0 Å². The van der Waals surface area contributed by atoms with Crippen LogP contribution >= 0.6 is 0 Å².